The molecule has 0 saturated carbocycles. The first-order valence-corrected chi connectivity index (χ1v) is 7.27. The molecule has 2 heteroatoms. The number of benzene rings is 2. The van der Waals surface area contributed by atoms with Gasteiger partial charge in [0.05, 0.1) is 6.04 Å². The molecule has 3 rings (SSSR count). The molecule has 0 bridgehead atoms. The highest BCUT2D eigenvalue weighted by Crippen LogP contribution is 2.43. The predicted molar refractivity (Wildman–Crippen MR) is 82.6 cm³/mol. The molecular formula is C18H21NO. The van der Waals surface area contributed by atoms with Crippen molar-refractivity contribution in [2.75, 3.05) is 6.61 Å². The molecule has 0 aliphatic heterocycles. The van der Waals surface area contributed by atoms with Crippen LogP contribution in [0.3, 0.4) is 0 Å². The largest absolute Gasteiger partial charge is 0.396 e. The van der Waals surface area contributed by atoms with Gasteiger partial charge >= 0.3 is 0 Å². The molecule has 2 aromatic carbocycles. The van der Waals surface area contributed by atoms with E-state index in [1.165, 1.54) is 22.3 Å². The van der Waals surface area contributed by atoms with Crippen LogP contribution in [0.4, 0.5) is 0 Å². The number of hydrogen-bond acceptors (Lipinski definition) is 2. The van der Waals surface area contributed by atoms with Crippen LogP contribution in [0.2, 0.25) is 0 Å². The maximum absolute atomic E-state index is 9.33. The monoisotopic (exact) mass is 267 g/mol. The Morgan fingerprint density at radius 1 is 0.950 bits per heavy atom. The number of aliphatic hydroxyl groups is 1. The van der Waals surface area contributed by atoms with E-state index in [1.54, 1.807) is 0 Å². The summed E-state index contributed by atoms with van der Waals surface area (Å²) >= 11 is 0. The first kappa shape index (κ1) is 13.3. The van der Waals surface area contributed by atoms with Gasteiger partial charge in [-0.15, -0.1) is 0 Å². The van der Waals surface area contributed by atoms with Crippen molar-refractivity contribution >= 4 is 0 Å². The summed E-state index contributed by atoms with van der Waals surface area (Å²) in [4.78, 5) is 0. The lowest BCUT2D eigenvalue weighted by Gasteiger charge is -2.25. The number of fused-ring (bicyclic) bond motifs is 3. The molecule has 1 aliphatic carbocycles. The SMILES string of the molecule is CC(CO)C(C)NC1c2ccccc2-c2ccccc21. The summed E-state index contributed by atoms with van der Waals surface area (Å²) in [6, 6.07) is 17.7. The van der Waals surface area contributed by atoms with E-state index in [0.717, 1.165) is 0 Å². The molecule has 0 amide bonds. The van der Waals surface area contributed by atoms with Crippen LogP contribution in [0.1, 0.15) is 31.0 Å². The van der Waals surface area contributed by atoms with Crippen molar-refractivity contribution in [3.05, 3.63) is 59.7 Å². The minimum Gasteiger partial charge on any atom is -0.396 e. The Morgan fingerprint density at radius 3 is 1.95 bits per heavy atom. The van der Waals surface area contributed by atoms with Crippen LogP contribution in [0.15, 0.2) is 48.5 Å². The van der Waals surface area contributed by atoms with Crippen molar-refractivity contribution in [3.8, 4) is 11.1 Å². The summed E-state index contributed by atoms with van der Waals surface area (Å²) in [6.45, 7) is 4.43. The van der Waals surface area contributed by atoms with Crippen LogP contribution in [0.5, 0.6) is 0 Å². The van der Waals surface area contributed by atoms with Crippen LogP contribution in [-0.2, 0) is 0 Å². The average Bonchev–Trinajstić information content (AvgIpc) is 2.81. The summed E-state index contributed by atoms with van der Waals surface area (Å²) in [5.41, 5.74) is 5.32. The van der Waals surface area contributed by atoms with Crippen molar-refractivity contribution < 1.29 is 5.11 Å². The normalized spacial score (nSPS) is 16.6. The second-order valence-electron chi connectivity index (χ2n) is 5.72. The Bertz CT molecular complexity index is 562. The van der Waals surface area contributed by atoms with Crippen LogP contribution in [-0.4, -0.2) is 17.8 Å². The van der Waals surface area contributed by atoms with Gasteiger partial charge < -0.3 is 10.4 Å². The maximum atomic E-state index is 9.33. The van der Waals surface area contributed by atoms with E-state index in [9.17, 15) is 5.11 Å². The Kier molecular flexibility index (Phi) is 3.60. The minimum atomic E-state index is 0.212. The third kappa shape index (κ3) is 2.15. The lowest BCUT2D eigenvalue weighted by atomic mass is 10.00. The molecule has 2 nitrogen and oxygen atoms in total. The zero-order valence-electron chi connectivity index (χ0n) is 12.0. The first-order valence-electron chi connectivity index (χ1n) is 7.27. The molecule has 0 fully saturated rings. The highest BCUT2D eigenvalue weighted by Gasteiger charge is 2.29. The van der Waals surface area contributed by atoms with Gasteiger partial charge in [0.25, 0.3) is 0 Å². The van der Waals surface area contributed by atoms with Gasteiger partial charge in [-0.05, 0) is 35.1 Å². The second-order valence-corrected chi connectivity index (χ2v) is 5.72. The van der Waals surface area contributed by atoms with E-state index in [0.29, 0.717) is 0 Å². The van der Waals surface area contributed by atoms with Crippen molar-refractivity contribution in [3.63, 3.8) is 0 Å². The molecule has 2 aromatic rings. The zero-order valence-corrected chi connectivity index (χ0v) is 12.0. The molecular weight excluding hydrogens is 246 g/mol. The highest BCUT2D eigenvalue weighted by atomic mass is 16.3. The van der Waals surface area contributed by atoms with E-state index in [4.69, 9.17) is 0 Å². The number of rotatable bonds is 4. The predicted octanol–water partition coefficient (Wildman–Crippen LogP) is 3.36. The quantitative estimate of drug-likeness (QED) is 0.890. The van der Waals surface area contributed by atoms with Gasteiger partial charge in [-0.1, -0.05) is 55.5 Å². The second kappa shape index (κ2) is 5.39. The average molecular weight is 267 g/mol. The summed E-state index contributed by atoms with van der Waals surface area (Å²) in [6.07, 6.45) is 0. The van der Waals surface area contributed by atoms with Gasteiger partial charge in [-0.3, -0.25) is 0 Å². The van der Waals surface area contributed by atoms with E-state index >= 15 is 0 Å². The number of nitrogens with one attached hydrogen (secondary N) is 1. The lowest BCUT2D eigenvalue weighted by molar-refractivity contribution is 0.204. The highest BCUT2D eigenvalue weighted by molar-refractivity contribution is 5.78. The van der Waals surface area contributed by atoms with Gasteiger partial charge in [-0.2, -0.15) is 0 Å². The van der Waals surface area contributed by atoms with Crippen LogP contribution < -0.4 is 5.32 Å². The summed E-state index contributed by atoms with van der Waals surface area (Å²) in [5, 5.41) is 13.0. The summed E-state index contributed by atoms with van der Waals surface area (Å²) < 4.78 is 0. The van der Waals surface area contributed by atoms with E-state index in [-0.39, 0.29) is 24.6 Å². The van der Waals surface area contributed by atoms with Crippen LogP contribution >= 0.6 is 0 Å². The van der Waals surface area contributed by atoms with E-state index in [2.05, 4.69) is 67.7 Å². The summed E-state index contributed by atoms with van der Waals surface area (Å²) in [5.74, 6) is 0.245. The molecule has 104 valence electrons. The molecule has 0 heterocycles. The molecule has 1 aliphatic rings. The third-order valence-electron chi connectivity index (χ3n) is 4.40. The Morgan fingerprint density at radius 2 is 1.45 bits per heavy atom. The molecule has 20 heavy (non-hydrogen) atoms. The van der Waals surface area contributed by atoms with Crippen LogP contribution in [0.25, 0.3) is 11.1 Å². The van der Waals surface area contributed by atoms with Gasteiger partial charge in [0.1, 0.15) is 0 Å². The molecule has 0 aromatic heterocycles. The molecule has 2 atom stereocenters. The van der Waals surface area contributed by atoms with E-state index in [1.807, 2.05) is 0 Å². The third-order valence-corrected chi connectivity index (χ3v) is 4.40. The summed E-state index contributed by atoms with van der Waals surface area (Å²) in [7, 11) is 0. The van der Waals surface area contributed by atoms with Gasteiger partial charge in [0, 0.05) is 12.6 Å². The molecule has 2 unspecified atom stereocenters. The van der Waals surface area contributed by atoms with Gasteiger partial charge in [0.2, 0.25) is 0 Å². The molecule has 0 saturated heterocycles. The Hall–Kier alpha value is -1.64. The van der Waals surface area contributed by atoms with Crippen molar-refractivity contribution in [1.82, 2.24) is 5.32 Å². The fraction of sp³-hybridized carbons (Fsp3) is 0.333. The maximum Gasteiger partial charge on any atom is 0.0591 e. The van der Waals surface area contributed by atoms with Gasteiger partial charge in [0.15, 0.2) is 0 Å². The first-order chi connectivity index (χ1) is 9.72. The smallest absolute Gasteiger partial charge is 0.0591 e. The lowest BCUT2D eigenvalue weighted by Crippen LogP contribution is -2.36. The standard InChI is InChI=1S/C18H21NO/c1-12(11-20)13(2)19-18-16-9-5-3-7-14(16)15-8-4-6-10-17(15)18/h3-10,12-13,18-20H,11H2,1-2H3. The van der Waals surface area contributed by atoms with Crippen molar-refractivity contribution in [1.29, 1.82) is 0 Å². The van der Waals surface area contributed by atoms with Crippen molar-refractivity contribution in [2.45, 2.75) is 25.9 Å². The fourth-order valence-electron chi connectivity index (χ4n) is 2.92. The molecule has 0 spiro atoms. The van der Waals surface area contributed by atoms with E-state index < -0.39 is 0 Å². The topological polar surface area (TPSA) is 32.3 Å². The zero-order chi connectivity index (χ0) is 14.1. The molecule has 0 radical (unpaired) electrons. The van der Waals surface area contributed by atoms with Gasteiger partial charge in [-0.25, -0.2) is 0 Å². The Balaban J connectivity index is 1.99. The minimum absolute atomic E-state index is 0.212. The number of aliphatic hydroxyl groups excluding tert-OH is 1. The van der Waals surface area contributed by atoms with Crippen molar-refractivity contribution in [2.24, 2.45) is 5.92 Å². The number of hydrogen-bond donors (Lipinski definition) is 2. The Labute approximate surface area is 120 Å². The fourth-order valence-corrected chi connectivity index (χ4v) is 2.92. The molecule has 2 N–H and O–H groups in total. The van der Waals surface area contributed by atoms with Crippen LogP contribution in [0, 0.1) is 5.92 Å².